The first-order valence-electron chi connectivity index (χ1n) is 19.6. The lowest BCUT2D eigenvalue weighted by Crippen LogP contribution is -2.33. The van der Waals surface area contributed by atoms with Gasteiger partial charge in [0.2, 0.25) is 0 Å². The molecule has 5 nitrogen and oxygen atoms in total. The summed E-state index contributed by atoms with van der Waals surface area (Å²) in [4.78, 5) is 15.2. The summed E-state index contributed by atoms with van der Waals surface area (Å²) >= 11 is 0. The molecule has 7 aromatic carbocycles. The molecule has 3 aromatic heterocycles. The summed E-state index contributed by atoms with van der Waals surface area (Å²) in [6.07, 6.45) is 2.35. The lowest BCUT2D eigenvalue weighted by atomic mass is 9.63. The number of benzene rings is 7. The summed E-state index contributed by atoms with van der Waals surface area (Å²) in [6, 6.07) is 51.6. The van der Waals surface area contributed by atoms with Crippen LogP contribution < -0.4 is 0 Å². The second kappa shape index (κ2) is 12.0. The number of rotatable bonds is 4. The van der Waals surface area contributed by atoms with Crippen LogP contribution in [0.25, 0.3) is 94.4 Å². The van der Waals surface area contributed by atoms with Crippen LogP contribution in [0.15, 0.2) is 150 Å². The Kier molecular flexibility index (Phi) is 7.00. The second-order valence-corrected chi connectivity index (χ2v) is 16.7. The van der Waals surface area contributed by atoms with Gasteiger partial charge < -0.3 is 8.98 Å². The van der Waals surface area contributed by atoms with Gasteiger partial charge in [-0.3, -0.25) is 0 Å². The predicted octanol–water partition coefficient (Wildman–Crippen LogP) is 13.4. The summed E-state index contributed by atoms with van der Waals surface area (Å²) in [5.41, 5.74) is 11.1. The van der Waals surface area contributed by atoms with E-state index < -0.39 is 0 Å². The van der Waals surface area contributed by atoms with Gasteiger partial charge in [-0.15, -0.1) is 0 Å². The fourth-order valence-electron chi connectivity index (χ4n) is 9.08. The Labute approximate surface area is 325 Å². The van der Waals surface area contributed by atoms with E-state index in [4.69, 9.17) is 19.4 Å². The summed E-state index contributed by atoms with van der Waals surface area (Å²) in [7, 11) is 0. The van der Waals surface area contributed by atoms with Gasteiger partial charge >= 0.3 is 0 Å². The average molecular weight is 725 g/mol. The van der Waals surface area contributed by atoms with Crippen molar-refractivity contribution in [3.63, 3.8) is 0 Å². The number of aromatic nitrogens is 4. The highest BCUT2D eigenvalue weighted by atomic mass is 16.3. The minimum Gasteiger partial charge on any atom is -0.456 e. The molecule has 10 aromatic rings. The van der Waals surface area contributed by atoms with Crippen LogP contribution >= 0.6 is 0 Å². The minimum atomic E-state index is 0.0913. The van der Waals surface area contributed by atoms with E-state index >= 15 is 0 Å². The first-order valence-corrected chi connectivity index (χ1v) is 19.6. The van der Waals surface area contributed by atoms with Gasteiger partial charge in [0, 0.05) is 49.3 Å². The molecule has 1 aliphatic rings. The third-order valence-corrected chi connectivity index (χ3v) is 12.3. The van der Waals surface area contributed by atoms with Crippen LogP contribution in [0.5, 0.6) is 0 Å². The first-order chi connectivity index (χ1) is 27.2. The van der Waals surface area contributed by atoms with E-state index in [1.165, 1.54) is 56.5 Å². The van der Waals surface area contributed by atoms with E-state index in [0.717, 1.165) is 44.3 Å². The molecular weight excluding hydrogens is 685 g/mol. The molecule has 11 rings (SSSR count). The number of furan rings is 1. The summed E-state index contributed by atoms with van der Waals surface area (Å²) in [6.45, 7) is 9.64. The SMILES string of the molecule is CC1(C)CCC(C)(C)c2cc3c(cc21)c1ccc2ccccc2c1n3-c1ccc(-c2nc(-c3ccccc3)nc(-c3ccc4c(c3)oc3ccccc34)n2)cc1. The molecule has 0 fully saturated rings. The molecule has 0 radical (unpaired) electrons. The van der Waals surface area contributed by atoms with Gasteiger partial charge in [-0.05, 0) is 94.8 Å². The normalized spacial score (nSPS) is 14.9. The Hall–Kier alpha value is -6.59. The summed E-state index contributed by atoms with van der Waals surface area (Å²) in [5.74, 6) is 1.85. The molecule has 0 amide bonds. The van der Waals surface area contributed by atoms with Crippen LogP contribution in [-0.2, 0) is 10.8 Å². The Morgan fingerprint density at radius 2 is 1.04 bits per heavy atom. The van der Waals surface area contributed by atoms with Crippen molar-refractivity contribution < 1.29 is 4.42 Å². The molecule has 0 saturated heterocycles. The zero-order chi connectivity index (χ0) is 37.8. The van der Waals surface area contributed by atoms with Crippen molar-refractivity contribution in [3.05, 3.63) is 157 Å². The first kappa shape index (κ1) is 32.8. The molecule has 56 heavy (non-hydrogen) atoms. The van der Waals surface area contributed by atoms with Gasteiger partial charge in [0.25, 0.3) is 0 Å². The van der Waals surface area contributed by atoms with Crippen molar-refractivity contribution in [2.24, 2.45) is 0 Å². The molecule has 0 unspecified atom stereocenters. The quantitative estimate of drug-likeness (QED) is 0.181. The van der Waals surface area contributed by atoms with Crippen molar-refractivity contribution in [1.82, 2.24) is 19.5 Å². The average Bonchev–Trinajstić information content (AvgIpc) is 3.77. The summed E-state index contributed by atoms with van der Waals surface area (Å²) in [5, 5.41) is 7.23. The van der Waals surface area contributed by atoms with Gasteiger partial charge in [0.05, 0.1) is 11.0 Å². The van der Waals surface area contributed by atoms with Crippen LogP contribution in [0.4, 0.5) is 0 Å². The molecule has 0 aliphatic heterocycles. The standard InChI is InChI=1S/C51H40N4O/c1-50(2)26-27-51(3,4)42-30-43-40(29-41(42)50)39-25-20-31-12-8-9-15-36(31)46(39)55(43)35-22-18-33(19-23-35)48-52-47(32-13-6-5-7-14-32)53-49(54-48)34-21-24-38-37-16-10-11-17-44(37)56-45(38)28-34/h5-25,28-30H,26-27H2,1-4H3. The van der Waals surface area contributed by atoms with Crippen LogP contribution in [0.2, 0.25) is 0 Å². The van der Waals surface area contributed by atoms with Crippen molar-refractivity contribution >= 4 is 54.5 Å². The highest BCUT2D eigenvalue weighted by Gasteiger charge is 2.38. The fraction of sp³-hybridized carbons (Fsp3) is 0.157. The molecule has 5 heteroatoms. The van der Waals surface area contributed by atoms with E-state index in [-0.39, 0.29) is 10.8 Å². The topological polar surface area (TPSA) is 56.7 Å². The van der Waals surface area contributed by atoms with Gasteiger partial charge in [0.15, 0.2) is 17.5 Å². The lowest BCUT2D eigenvalue weighted by Gasteiger charge is -2.42. The zero-order valence-corrected chi connectivity index (χ0v) is 32.0. The van der Waals surface area contributed by atoms with Crippen molar-refractivity contribution in [2.75, 3.05) is 0 Å². The van der Waals surface area contributed by atoms with E-state index in [0.29, 0.717) is 17.5 Å². The molecular formula is C51H40N4O. The number of fused-ring (bicyclic) bond motifs is 9. The Balaban J connectivity index is 1.09. The largest absolute Gasteiger partial charge is 0.456 e. The predicted molar refractivity (Wildman–Crippen MR) is 231 cm³/mol. The molecule has 0 bridgehead atoms. The number of para-hydroxylation sites is 1. The zero-order valence-electron chi connectivity index (χ0n) is 32.0. The Morgan fingerprint density at radius 1 is 0.464 bits per heavy atom. The van der Waals surface area contributed by atoms with Crippen molar-refractivity contribution in [1.29, 1.82) is 0 Å². The van der Waals surface area contributed by atoms with Crippen LogP contribution in [0, 0.1) is 0 Å². The minimum absolute atomic E-state index is 0.0913. The molecule has 1 aliphatic carbocycles. The van der Waals surface area contributed by atoms with Gasteiger partial charge in [-0.2, -0.15) is 0 Å². The highest BCUT2D eigenvalue weighted by molar-refractivity contribution is 6.19. The monoisotopic (exact) mass is 724 g/mol. The smallest absolute Gasteiger partial charge is 0.164 e. The molecule has 0 atom stereocenters. The molecule has 0 N–H and O–H groups in total. The van der Waals surface area contributed by atoms with Crippen LogP contribution in [0.1, 0.15) is 51.7 Å². The van der Waals surface area contributed by atoms with Gasteiger partial charge in [0.1, 0.15) is 11.2 Å². The lowest BCUT2D eigenvalue weighted by molar-refractivity contribution is 0.332. The Morgan fingerprint density at radius 3 is 1.79 bits per heavy atom. The third-order valence-electron chi connectivity index (χ3n) is 12.3. The Bertz CT molecular complexity index is 3190. The number of hydrogen-bond acceptors (Lipinski definition) is 4. The second-order valence-electron chi connectivity index (χ2n) is 16.7. The van der Waals surface area contributed by atoms with Crippen molar-refractivity contribution in [3.8, 4) is 39.9 Å². The highest BCUT2D eigenvalue weighted by Crippen LogP contribution is 2.49. The maximum atomic E-state index is 6.26. The summed E-state index contributed by atoms with van der Waals surface area (Å²) < 4.78 is 8.74. The molecule has 0 saturated carbocycles. The third kappa shape index (κ3) is 5.04. The van der Waals surface area contributed by atoms with Crippen LogP contribution in [-0.4, -0.2) is 19.5 Å². The van der Waals surface area contributed by atoms with E-state index in [2.05, 4.69) is 123 Å². The number of hydrogen-bond donors (Lipinski definition) is 0. The molecule has 270 valence electrons. The van der Waals surface area contributed by atoms with E-state index in [1.807, 2.05) is 54.6 Å². The van der Waals surface area contributed by atoms with Gasteiger partial charge in [-0.25, -0.2) is 15.0 Å². The fourth-order valence-corrected chi connectivity index (χ4v) is 9.08. The molecule has 3 heterocycles. The van der Waals surface area contributed by atoms with E-state index in [1.54, 1.807) is 0 Å². The maximum Gasteiger partial charge on any atom is 0.164 e. The van der Waals surface area contributed by atoms with Crippen molar-refractivity contribution in [2.45, 2.75) is 51.4 Å². The maximum absolute atomic E-state index is 6.26. The van der Waals surface area contributed by atoms with Crippen LogP contribution in [0.3, 0.4) is 0 Å². The molecule has 0 spiro atoms. The van der Waals surface area contributed by atoms with E-state index in [9.17, 15) is 0 Å². The van der Waals surface area contributed by atoms with Gasteiger partial charge in [-0.1, -0.05) is 119 Å². The number of nitrogens with zero attached hydrogens (tertiary/aromatic N) is 4.